The molecule has 0 aliphatic carbocycles. The second kappa shape index (κ2) is 7.14. The van der Waals surface area contributed by atoms with Crippen LogP contribution in [0.1, 0.15) is 31.1 Å². The third kappa shape index (κ3) is 3.62. The molecule has 0 spiro atoms. The van der Waals surface area contributed by atoms with Crippen LogP contribution in [0.3, 0.4) is 0 Å². The standard InChI is InChI=1S/C20H21NO2/c1-3-4-9-16-12-13-18(22-16)17-10-7-8-15(2)20(17)23-19-11-5-6-14-21-19/h5-8,10-14H,3-4,9H2,1-2H3. The molecule has 0 saturated heterocycles. The molecule has 0 fully saturated rings. The molecule has 0 radical (unpaired) electrons. The van der Waals surface area contributed by atoms with Crippen molar-refractivity contribution in [3.8, 4) is 23.0 Å². The summed E-state index contributed by atoms with van der Waals surface area (Å²) in [6.45, 7) is 4.21. The summed E-state index contributed by atoms with van der Waals surface area (Å²) in [7, 11) is 0. The fourth-order valence-corrected chi connectivity index (χ4v) is 2.50. The highest BCUT2D eigenvalue weighted by Crippen LogP contribution is 2.36. The van der Waals surface area contributed by atoms with E-state index in [4.69, 9.17) is 9.15 Å². The Kier molecular flexibility index (Phi) is 4.77. The number of rotatable bonds is 6. The van der Waals surface area contributed by atoms with Gasteiger partial charge in [-0.05, 0) is 43.2 Å². The van der Waals surface area contributed by atoms with E-state index < -0.39 is 0 Å². The lowest BCUT2D eigenvalue weighted by Crippen LogP contribution is -1.92. The van der Waals surface area contributed by atoms with Gasteiger partial charge in [-0.2, -0.15) is 0 Å². The van der Waals surface area contributed by atoms with E-state index in [1.165, 1.54) is 0 Å². The molecule has 0 bridgehead atoms. The van der Waals surface area contributed by atoms with Crippen LogP contribution in [0.15, 0.2) is 59.1 Å². The van der Waals surface area contributed by atoms with E-state index in [0.29, 0.717) is 5.88 Å². The zero-order valence-corrected chi connectivity index (χ0v) is 13.6. The summed E-state index contributed by atoms with van der Waals surface area (Å²) < 4.78 is 12.0. The van der Waals surface area contributed by atoms with Crippen molar-refractivity contribution in [2.45, 2.75) is 33.1 Å². The summed E-state index contributed by atoms with van der Waals surface area (Å²) in [6, 6.07) is 15.8. The molecular weight excluding hydrogens is 286 g/mol. The molecule has 1 aromatic carbocycles. The summed E-state index contributed by atoms with van der Waals surface area (Å²) in [5, 5.41) is 0. The van der Waals surface area contributed by atoms with Crippen LogP contribution in [0.25, 0.3) is 11.3 Å². The molecule has 3 aromatic rings. The average Bonchev–Trinajstić information content (AvgIpc) is 3.04. The number of pyridine rings is 1. The Hall–Kier alpha value is -2.55. The van der Waals surface area contributed by atoms with Crippen LogP contribution in [0.2, 0.25) is 0 Å². The van der Waals surface area contributed by atoms with Crippen LogP contribution < -0.4 is 4.74 Å². The van der Waals surface area contributed by atoms with E-state index in [-0.39, 0.29) is 0 Å². The lowest BCUT2D eigenvalue weighted by molar-refractivity contribution is 0.456. The Labute approximate surface area is 136 Å². The van der Waals surface area contributed by atoms with Gasteiger partial charge in [-0.1, -0.05) is 31.5 Å². The first-order valence-electron chi connectivity index (χ1n) is 8.05. The summed E-state index contributed by atoms with van der Waals surface area (Å²) >= 11 is 0. The van der Waals surface area contributed by atoms with E-state index in [1.807, 2.05) is 49.4 Å². The van der Waals surface area contributed by atoms with Gasteiger partial charge in [0.25, 0.3) is 0 Å². The molecule has 0 unspecified atom stereocenters. The minimum absolute atomic E-state index is 0.584. The predicted octanol–water partition coefficient (Wildman–Crippen LogP) is 5.78. The molecule has 0 atom stereocenters. The summed E-state index contributed by atoms with van der Waals surface area (Å²) in [4.78, 5) is 4.24. The Bertz CT molecular complexity index is 762. The minimum Gasteiger partial charge on any atom is -0.461 e. The minimum atomic E-state index is 0.584. The third-order valence-electron chi connectivity index (χ3n) is 3.76. The summed E-state index contributed by atoms with van der Waals surface area (Å²) in [5.41, 5.74) is 2.01. The zero-order valence-electron chi connectivity index (χ0n) is 13.6. The molecule has 0 aliphatic rings. The van der Waals surface area contributed by atoms with Crippen molar-refractivity contribution in [1.82, 2.24) is 4.98 Å². The van der Waals surface area contributed by atoms with E-state index in [2.05, 4.69) is 18.0 Å². The van der Waals surface area contributed by atoms with Gasteiger partial charge in [0.15, 0.2) is 0 Å². The topological polar surface area (TPSA) is 35.3 Å². The second-order valence-corrected chi connectivity index (χ2v) is 5.59. The fraction of sp³-hybridized carbons (Fsp3) is 0.250. The van der Waals surface area contributed by atoms with Crippen molar-refractivity contribution in [3.63, 3.8) is 0 Å². The van der Waals surface area contributed by atoms with Gasteiger partial charge in [0.1, 0.15) is 17.3 Å². The lowest BCUT2D eigenvalue weighted by atomic mass is 10.1. The molecule has 2 heterocycles. The van der Waals surface area contributed by atoms with Crippen molar-refractivity contribution in [2.75, 3.05) is 0 Å². The molecular formula is C20H21NO2. The first-order valence-corrected chi connectivity index (χ1v) is 8.05. The van der Waals surface area contributed by atoms with Crippen LogP contribution in [0, 0.1) is 6.92 Å². The SMILES string of the molecule is CCCCc1ccc(-c2cccc(C)c2Oc2ccccn2)o1. The van der Waals surface area contributed by atoms with Gasteiger partial charge >= 0.3 is 0 Å². The highest BCUT2D eigenvalue weighted by molar-refractivity contribution is 5.68. The Morgan fingerprint density at radius 3 is 2.74 bits per heavy atom. The van der Waals surface area contributed by atoms with E-state index in [1.54, 1.807) is 6.20 Å². The van der Waals surface area contributed by atoms with Gasteiger partial charge in [-0.15, -0.1) is 0 Å². The maximum absolute atomic E-state index is 6.01. The first kappa shape index (κ1) is 15.3. The van der Waals surface area contributed by atoms with Crippen LogP contribution in [0.4, 0.5) is 0 Å². The number of furan rings is 1. The number of nitrogens with zero attached hydrogens (tertiary/aromatic N) is 1. The van der Waals surface area contributed by atoms with E-state index >= 15 is 0 Å². The molecule has 23 heavy (non-hydrogen) atoms. The van der Waals surface area contributed by atoms with Crippen LogP contribution in [0.5, 0.6) is 11.6 Å². The van der Waals surface area contributed by atoms with Crippen molar-refractivity contribution in [2.24, 2.45) is 0 Å². The van der Waals surface area contributed by atoms with Crippen LogP contribution in [-0.2, 0) is 6.42 Å². The number of para-hydroxylation sites is 1. The molecule has 0 saturated carbocycles. The van der Waals surface area contributed by atoms with Crippen molar-refractivity contribution in [3.05, 3.63) is 66.1 Å². The third-order valence-corrected chi connectivity index (χ3v) is 3.76. The monoisotopic (exact) mass is 307 g/mol. The van der Waals surface area contributed by atoms with Gasteiger partial charge in [-0.25, -0.2) is 4.98 Å². The van der Waals surface area contributed by atoms with Crippen molar-refractivity contribution >= 4 is 0 Å². The fourth-order valence-electron chi connectivity index (χ4n) is 2.50. The molecule has 2 aromatic heterocycles. The zero-order chi connectivity index (χ0) is 16.1. The molecule has 0 aliphatic heterocycles. The molecule has 0 amide bonds. The number of hydrogen-bond donors (Lipinski definition) is 0. The van der Waals surface area contributed by atoms with Crippen LogP contribution in [-0.4, -0.2) is 4.98 Å². The highest BCUT2D eigenvalue weighted by atomic mass is 16.5. The predicted molar refractivity (Wildman–Crippen MR) is 91.8 cm³/mol. The van der Waals surface area contributed by atoms with E-state index in [0.717, 1.165) is 47.7 Å². The van der Waals surface area contributed by atoms with Crippen molar-refractivity contribution < 1.29 is 9.15 Å². The summed E-state index contributed by atoms with van der Waals surface area (Å²) in [6.07, 6.45) is 4.99. The molecule has 3 nitrogen and oxygen atoms in total. The molecule has 3 rings (SSSR count). The van der Waals surface area contributed by atoms with Crippen molar-refractivity contribution in [1.29, 1.82) is 0 Å². The lowest BCUT2D eigenvalue weighted by Gasteiger charge is -2.11. The molecule has 118 valence electrons. The largest absolute Gasteiger partial charge is 0.461 e. The average molecular weight is 307 g/mol. The Morgan fingerprint density at radius 2 is 1.96 bits per heavy atom. The molecule has 3 heteroatoms. The number of benzene rings is 1. The highest BCUT2D eigenvalue weighted by Gasteiger charge is 2.14. The normalized spacial score (nSPS) is 10.7. The number of hydrogen-bond acceptors (Lipinski definition) is 3. The second-order valence-electron chi connectivity index (χ2n) is 5.59. The van der Waals surface area contributed by atoms with Gasteiger partial charge in [0.05, 0.1) is 5.56 Å². The Balaban J connectivity index is 1.93. The maximum Gasteiger partial charge on any atom is 0.219 e. The van der Waals surface area contributed by atoms with Gasteiger partial charge in [0, 0.05) is 18.7 Å². The van der Waals surface area contributed by atoms with Gasteiger partial charge < -0.3 is 9.15 Å². The Morgan fingerprint density at radius 1 is 1.04 bits per heavy atom. The first-order chi connectivity index (χ1) is 11.3. The van der Waals surface area contributed by atoms with Gasteiger partial charge in [-0.3, -0.25) is 0 Å². The quantitative estimate of drug-likeness (QED) is 0.578. The van der Waals surface area contributed by atoms with Crippen LogP contribution >= 0.6 is 0 Å². The number of ether oxygens (including phenoxy) is 1. The number of aromatic nitrogens is 1. The summed E-state index contributed by atoms with van der Waals surface area (Å²) in [5.74, 6) is 3.24. The van der Waals surface area contributed by atoms with E-state index in [9.17, 15) is 0 Å². The maximum atomic E-state index is 6.01. The number of unbranched alkanes of at least 4 members (excludes halogenated alkanes) is 1. The number of aryl methyl sites for hydroxylation is 2. The smallest absolute Gasteiger partial charge is 0.219 e. The molecule has 0 N–H and O–H groups in total. The van der Waals surface area contributed by atoms with Gasteiger partial charge in [0.2, 0.25) is 5.88 Å².